The number of amides is 1. The van der Waals surface area contributed by atoms with Crippen molar-refractivity contribution in [3.8, 4) is 11.8 Å². The predicted molar refractivity (Wildman–Crippen MR) is 90.2 cm³/mol. The van der Waals surface area contributed by atoms with Crippen molar-refractivity contribution in [2.24, 2.45) is 0 Å². The van der Waals surface area contributed by atoms with Gasteiger partial charge in [0.15, 0.2) is 15.9 Å². The highest BCUT2D eigenvalue weighted by Crippen LogP contribution is 2.20. The molecule has 0 bridgehead atoms. The lowest BCUT2D eigenvalue weighted by Crippen LogP contribution is -2.47. The molecule has 128 valence electrons. The molecular weight excluding hydrogens is 328 g/mol. The molecule has 0 unspecified atom stereocenters. The molecule has 0 radical (unpaired) electrons. The van der Waals surface area contributed by atoms with Gasteiger partial charge in [-0.15, -0.1) is 6.58 Å². The summed E-state index contributed by atoms with van der Waals surface area (Å²) in [5, 5.41) is 8.78. The Labute approximate surface area is 142 Å². The van der Waals surface area contributed by atoms with E-state index in [-0.39, 0.29) is 30.0 Å². The van der Waals surface area contributed by atoms with Gasteiger partial charge in [-0.2, -0.15) is 5.26 Å². The molecule has 7 heteroatoms. The fourth-order valence-electron chi connectivity index (χ4n) is 2.68. The van der Waals surface area contributed by atoms with E-state index in [1.165, 1.54) is 4.90 Å². The maximum atomic E-state index is 12.7. The van der Waals surface area contributed by atoms with Gasteiger partial charge in [0.25, 0.3) is 5.91 Å². The molecule has 1 aromatic rings. The van der Waals surface area contributed by atoms with Crippen molar-refractivity contribution in [3.05, 3.63) is 42.5 Å². The monoisotopic (exact) mass is 348 g/mol. The van der Waals surface area contributed by atoms with E-state index in [9.17, 15) is 13.2 Å². The minimum absolute atomic E-state index is 0.0177. The van der Waals surface area contributed by atoms with Gasteiger partial charge in [-0.1, -0.05) is 6.08 Å². The van der Waals surface area contributed by atoms with Crippen molar-refractivity contribution in [3.63, 3.8) is 0 Å². The van der Waals surface area contributed by atoms with Crippen molar-refractivity contribution < 1.29 is 17.9 Å². The Hall–Kier alpha value is -2.33. The molecule has 1 aliphatic heterocycles. The Balaban J connectivity index is 2.07. The third-order valence-electron chi connectivity index (χ3n) is 3.90. The summed E-state index contributed by atoms with van der Waals surface area (Å²) in [5.74, 6) is 0.286. The zero-order chi connectivity index (χ0) is 17.7. The standard InChI is InChI=1S/C17H20N2O4S/c1-3-9-19(15-8-10-24(21,22)12-15)17(20)13(2)23-16-6-4-14(11-18)5-7-16/h3-7,13,15H,1,8-10,12H2,2H3/t13-,15-/m1/s1. The van der Waals surface area contributed by atoms with E-state index in [0.717, 1.165) is 0 Å². The maximum Gasteiger partial charge on any atom is 0.263 e. The quantitative estimate of drug-likeness (QED) is 0.728. The van der Waals surface area contributed by atoms with Gasteiger partial charge in [-0.25, -0.2) is 8.42 Å². The van der Waals surface area contributed by atoms with Crippen LogP contribution in [0.15, 0.2) is 36.9 Å². The van der Waals surface area contributed by atoms with Gasteiger partial charge in [-0.3, -0.25) is 4.79 Å². The van der Waals surface area contributed by atoms with Crippen molar-refractivity contribution in [2.45, 2.75) is 25.5 Å². The fraction of sp³-hybridized carbons (Fsp3) is 0.412. The van der Waals surface area contributed by atoms with Crippen LogP contribution in [0.3, 0.4) is 0 Å². The Morgan fingerprint density at radius 2 is 2.17 bits per heavy atom. The highest BCUT2D eigenvalue weighted by molar-refractivity contribution is 7.91. The summed E-state index contributed by atoms with van der Waals surface area (Å²) in [4.78, 5) is 14.2. The van der Waals surface area contributed by atoms with Crippen LogP contribution in [-0.4, -0.2) is 49.4 Å². The Kier molecular flexibility index (Phi) is 5.62. The molecule has 1 aromatic carbocycles. The summed E-state index contributed by atoms with van der Waals surface area (Å²) < 4.78 is 29.0. The second-order valence-corrected chi connectivity index (χ2v) is 7.96. The third kappa shape index (κ3) is 4.36. The van der Waals surface area contributed by atoms with Crippen molar-refractivity contribution in [2.75, 3.05) is 18.1 Å². The van der Waals surface area contributed by atoms with Gasteiger partial charge in [0, 0.05) is 12.6 Å². The van der Waals surface area contributed by atoms with Gasteiger partial charge >= 0.3 is 0 Å². The molecule has 24 heavy (non-hydrogen) atoms. The van der Waals surface area contributed by atoms with Crippen molar-refractivity contribution in [1.29, 1.82) is 5.26 Å². The van der Waals surface area contributed by atoms with E-state index >= 15 is 0 Å². The summed E-state index contributed by atoms with van der Waals surface area (Å²) in [7, 11) is -3.08. The number of carbonyl (C=O) groups is 1. The van der Waals surface area contributed by atoms with Gasteiger partial charge < -0.3 is 9.64 Å². The van der Waals surface area contributed by atoms with Crippen LogP contribution in [0.25, 0.3) is 0 Å². The average Bonchev–Trinajstić information content (AvgIpc) is 2.92. The first-order valence-electron chi connectivity index (χ1n) is 7.65. The molecular formula is C17H20N2O4S. The van der Waals surface area contributed by atoms with Crippen LogP contribution < -0.4 is 4.74 Å². The molecule has 1 aliphatic rings. The van der Waals surface area contributed by atoms with E-state index < -0.39 is 15.9 Å². The second kappa shape index (κ2) is 7.49. The maximum absolute atomic E-state index is 12.7. The lowest BCUT2D eigenvalue weighted by Gasteiger charge is -2.29. The minimum Gasteiger partial charge on any atom is -0.481 e. The van der Waals surface area contributed by atoms with Gasteiger partial charge in [0.2, 0.25) is 0 Å². The van der Waals surface area contributed by atoms with E-state index in [1.807, 2.05) is 6.07 Å². The van der Waals surface area contributed by atoms with Crippen LogP contribution in [-0.2, 0) is 14.6 Å². The Bertz CT molecular complexity index is 750. The summed E-state index contributed by atoms with van der Waals surface area (Å²) in [6.45, 7) is 5.54. The van der Waals surface area contributed by atoms with Crippen LogP contribution in [0.5, 0.6) is 5.75 Å². The molecule has 0 saturated carbocycles. The van der Waals surface area contributed by atoms with Gasteiger partial charge in [-0.05, 0) is 37.6 Å². The predicted octanol–water partition coefficient (Wildman–Crippen LogP) is 1.53. The number of hydrogen-bond acceptors (Lipinski definition) is 5. The molecule has 0 aliphatic carbocycles. The summed E-state index contributed by atoms with van der Waals surface area (Å²) in [6, 6.07) is 8.14. The molecule has 1 saturated heterocycles. The first kappa shape index (κ1) is 18.0. The lowest BCUT2D eigenvalue weighted by atomic mass is 10.2. The van der Waals surface area contributed by atoms with Crippen LogP contribution in [0, 0.1) is 11.3 Å². The van der Waals surface area contributed by atoms with Crippen LogP contribution in [0.1, 0.15) is 18.9 Å². The Morgan fingerprint density at radius 1 is 1.50 bits per heavy atom. The fourth-order valence-corrected chi connectivity index (χ4v) is 4.41. The zero-order valence-electron chi connectivity index (χ0n) is 13.5. The number of hydrogen-bond donors (Lipinski definition) is 0. The summed E-state index contributed by atoms with van der Waals surface area (Å²) >= 11 is 0. The zero-order valence-corrected chi connectivity index (χ0v) is 14.3. The third-order valence-corrected chi connectivity index (χ3v) is 5.65. The second-order valence-electron chi connectivity index (χ2n) is 5.73. The molecule has 0 spiro atoms. The number of benzene rings is 1. The van der Waals surface area contributed by atoms with E-state index in [1.54, 1.807) is 37.3 Å². The molecule has 0 aromatic heterocycles. The van der Waals surface area contributed by atoms with Crippen LogP contribution in [0.2, 0.25) is 0 Å². The summed E-state index contributed by atoms with van der Waals surface area (Å²) in [5.41, 5.74) is 0.505. The number of rotatable bonds is 6. The number of nitrogens with zero attached hydrogens (tertiary/aromatic N) is 2. The first-order valence-corrected chi connectivity index (χ1v) is 9.47. The number of sulfone groups is 1. The highest BCUT2D eigenvalue weighted by Gasteiger charge is 2.36. The average molecular weight is 348 g/mol. The normalized spacial score (nSPS) is 19.9. The van der Waals surface area contributed by atoms with E-state index in [4.69, 9.17) is 10.00 Å². The Morgan fingerprint density at radius 3 is 2.67 bits per heavy atom. The molecule has 1 fully saturated rings. The smallest absolute Gasteiger partial charge is 0.263 e. The first-order chi connectivity index (χ1) is 11.4. The minimum atomic E-state index is -3.08. The lowest BCUT2D eigenvalue weighted by molar-refractivity contribution is -0.139. The number of ether oxygens (including phenoxy) is 1. The molecule has 2 atom stereocenters. The molecule has 1 amide bonds. The van der Waals surface area contributed by atoms with Gasteiger partial charge in [0.1, 0.15) is 5.75 Å². The van der Waals surface area contributed by atoms with Crippen LogP contribution >= 0.6 is 0 Å². The molecule has 1 heterocycles. The van der Waals surface area contributed by atoms with Crippen LogP contribution in [0.4, 0.5) is 0 Å². The van der Waals surface area contributed by atoms with Crippen molar-refractivity contribution in [1.82, 2.24) is 4.90 Å². The highest BCUT2D eigenvalue weighted by atomic mass is 32.2. The molecule has 6 nitrogen and oxygen atoms in total. The largest absolute Gasteiger partial charge is 0.481 e. The van der Waals surface area contributed by atoms with E-state index in [0.29, 0.717) is 17.7 Å². The topological polar surface area (TPSA) is 87.5 Å². The summed E-state index contributed by atoms with van der Waals surface area (Å²) in [6.07, 6.45) is 1.25. The van der Waals surface area contributed by atoms with Gasteiger partial charge in [0.05, 0.1) is 23.1 Å². The van der Waals surface area contributed by atoms with Crippen molar-refractivity contribution >= 4 is 15.7 Å². The molecule has 0 N–H and O–H groups in total. The SMILES string of the molecule is C=CCN(C(=O)[C@@H](C)Oc1ccc(C#N)cc1)[C@@H]1CCS(=O)(=O)C1. The number of nitriles is 1. The molecule has 2 rings (SSSR count). The van der Waals surface area contributed by atoms with E-state index in [2.05, 4.69) is 6.58 Å². The number of carbonyl (C=O) groups excluding carboxylic acids is 1.